The number of hydrogen-bond acceptors (Lipinski definition) is 2. The molecule has 0 spiro atoms. The first-order valence-corrected chi connectivity index (χ1v) is 6.74. The Morgan fingerprint density at radius 3 is 2.19 bits per heavy atom. The highest BCUT2D eigenvalue weighted by Gasteiger charge is 2.22. The number of aliphatic hydroxyl groups is 1. The van der Waals surface area contributed by atoms with Crippen LogP contribution in [0.4, 0.5) is 0 Å². The van der Waals surface area contributed by atoms with E-state index in [0.29, 0.717) is 24.4 Å². The zero-order valence-corrected chi connectivity index (χ0v) is 12.0. The van der Waals surface area contributed by atoms with E-state index < -0.39 is 5.60 Å². The molecular formula is C14H31NO. The average Bonchev–Trinajstić information content (AvgIpc) is 2.22. The highest BCUT2D eigenvalue weighted by atomic mass is 16.3. The van der Waals surface area contributed by atoms with Crippen LogP contribution in [0.1, 0.15) is 60.8 Å². The van der Waals surface area contributed by atoms with E-state index in [2.05, 4.69) is 39.9 Å². The summed E-state index contributed by atoms with van der Waals surface area (Å²) in [5, 5.41) is 13.7. The predicted molar refractivity (Wildman–Crippen MR) is 71.6 cm³/mol. The zero-order valence-electron chi connectivity index (χ0n) is 12.0. The minimum absolute atomic E-state index is 0.482. The van der Waals surface area contributed by atoms with Gasteiger partial charge in [-0.25, -0.2) is 0 Å². The Morgan fingerprint density at radius 1 is 1.19 bits per heavy atom. The predicted octanol–water partition coefficient (Wildman–Crippen LogP) is 3.20. The van der Waals surface area contributed by atoms with Crippen LogP contribution in [0.2, 0.25) is 0 Å². The molecule has 0 aromatic heterocycles. The Morgan fingerprint density at radius 2 is 1.75 bits per heavy atom. The van der Waals surface area contributed by atoms with Crippen molar-refractivity contribution in [2.75, 3.05) is 6.54 Å². The molecule has 0 fully saturated rings. The molecule has 0 radical (unpaired) electrons. The Balaban J connectivity index is 3.88. The lowest BCUT2D eigenvalue weighted by Gasteiger charge is -2.28. The fraction of sp³-hybridized carbons (Fsp3) is 1.00. The van der Waals surface area contributed by atoms with Gasteiger partial charge in [0.1, 0.15) is 0 Å². The molecule has 0 aliphatic rings. The van der Waals surface area contributed by atoms with Crippen molar-refractivity contribution in [3.05, 3.63) is 0 Å². The molecule has 3 atom stereocenters. The topological polar surface area (TPSA) is 32.3 Å². The third kappa shape index (κ3) is 7.24. The van der Waals surface area contributed by atoms with Gasteiger partial charge < -0.3 is 10.4 Å². The molecule has 0 aliphatic heterocycles. The van der Waals surface area contributed by atoms with Gasteiger partial charge in [0.05, 0.1) is 5.60 Å². The van der Waals surface area contributed by atoms with Gasteiger partial charge in [-0.15, -0.1) is 0 Å². The third-order valence-corrected chi connectivity index (χ3v) is 3.56. The maximum absolute atomic E-state index is 10.2. The average molecular weight is 229 g/mol. The SMILES string of the molecule is CCC(C)C(C)NCC(C)(O)CCC(C)C. The first kappa shape index (κ1) is 15.9. The monoisotopic (exact) mass is 229 g/mol. The summed E-state index contributed by atoms with van der Waals surface area (Å²) in [6.45, 7) is 13.7. The summed E-state index contributed by atoms with van der Waals surface area (Å²) < 4.78 is 0. The van der Waals surface area contributed by atoms with Crippen LogP contribution in [0.25, 0.3) is 0 Å². The Bertz CT molecular complexity index is 178. The van der Waals surface area contributed by atoms with Gasteiger partial charge in [0.2, 0.25) is 0 Å². The molecule has 0 rings (SSSR count). The zero-order chi connectivity index (χ0) is 12.8. The summed E-state index contributed by atoms with van der Waals surface area (Å²) in [7, 11) is 0. The van der Waals surface area contributed by atoms with E-state index in [9.17, 15) is 5.11 Å². The maximum Gasteiger partial charge on any atom is 0.0743 e. The fourth-order valence-corrected chi connectivity index (χ4v) is 1.62. The van der Waals surface area contributed by atoms with Crippen molar-refractivity contribution < 1.29 is 5.11 Å². The van der Waals surface area contributed by atoms with Gasteiger partial charge in [0, 0.05) is 12.6 Å². The van der Waals surface area contributed by atoms with Crippen LogP contribution in [0.15, 0.2) is 0 Å². The molecule has 3 unspecified atom stereocenters. The quantitative estimate of drug-likeness (QED) is 0.670. The van der Waals surface area contributed by atoms with E-state index in [4.69, 9.17) is 0 Å². The highest BCUT2D eigenvalue weighted by molar-refractivity contribution is 4.79. The molecule has 0 aromatic rings. The molecule has 0 amide bonds. The molecule has 2 N–H and O–H groups in total. The van der Waals surface area contributed by atoms with E-state index >= 15 is 0 Å². The number of hydrogen-bond donors (Lipinski definition) is 2. The lowest BCUT2D eigenvalue weighted by atomic mass is 9.94. The molecule has 2 heteroatoms. The van der Waals surface area contributed by atoms with Crippen LogP contribution < -0.4 is 5.32 Å². The molecule has 0 saturated heterocycles. The van der Waals surface area contributed by atoms with Crippen LogP contribution in [0.3, 0.4) is 0 Å². The van der Waals surface area contributed by atoms with Gasteiger partial charge in [-0.05, 0) is 38.5 Å². The number of nitrogens with one attached hydrogen (secondary N) is 1. The summed E-state index contributed by atoms with van der Waals surface area (Å²) in [6, 6.07) is 0.482. The highest BCUT2D eigenvalue weighted by Crippen LogP contribution is 2.16. The Hall–Kier alpha value is -0.0800. The van der Waals surface area contributed by atoms with Crippen LogP contribution in [0, 0.1) is 11.8 Å². The van der Waals surface area contributed by atoms with E-state index in [1.54, 1.807) is 0 Å². The van der Waals surface area contributed by atoms with Crippen molar-refractivity contribution in [2.45, 2.75) is 72.4 Å². The van der Waals surface area contributed by atoms with E-state index in [0.717, 1.165) is 12.8 Å². The summed E-state index contributed by atoms with van der Waals surface area (Å²) in [5.74, 6) is 1.33. The van der Waals surface area contributed by atoms with Crippen LogP contribution >= 0.6 is 0 Å². The van der Waals surface area contributed by atoms with Gasteiger partial charge >= 0.3 is 0 Å². The molecule has 98 valence electrons. The fourth-order valence-electron chi connectivity index (χ4n) is 1.62. The summed E-state index contributed by atoms with van der Waals surface area (Å²) in [4.78, 5) is 0. The van der Waals surface area contributed by atoms with Crippen LogP contribution in [0.5, 0.6) is 0 Å². The second-order valence-electron chi connectivity index (χ2n) is 5.98. The lowest BCUT2D eigenvalue weighted by Crippen LogP contribution is -2.43. The molecule has 2 nitrogen and oxygen atoms in total. The van der Waals surface area contributed by atoms with Crippen molar-refractivity contribution in [1.82, 2.24) is 5.32 Å². The molecule has 0 saturated carbocycles. The van der Waals surface area contributed by atoms with Gasteiger partial charge in [-0.3, -0.25) is 0 Å². The first-order valence-electron chi connectivity index (χ1n) is 6.74. The van der Waals surface area contributed by atoms with Gasteiger partial charge in [-0.2, -0.15) is 0 Å². The minimum atomic E-state index is -0.564. The molecule has 0 bridgehead atoms. The smallest absolute Gasteiger partial charge is 0.0743 e. The molecule has 0 heterocycles. The molecule has 0 aromatic carbocycles. The van der Waals surface area contributed by atoms with E-state index in [1.165, 1.54) is 6.42 Å². The van der Waals surface area contributed by atoms with E-state index in [1.807, 2.05) is 6.92 Å². The molecule has 0 aliphatic carbocycles. The van der Waals surface area contributed by atoms with Crippen molar-refractivity contribution in [3.63, 3.8) is 0 Å². The van der Waals surface area contributed by atoms with Crippen LogP contribution in [-0.2, 0) is 0 Å². The Labute approximate surface area is 102 Å². The second-order valence-corrected chi connectivity index (χ2v) is 5.98. The van der Waals surface area contributed by atoms with Crippen molar-refractivity contribution in [2.24, 2.45) is 11.8 Å². The van der Waals surface area contributed by atoms with Crippen molar-refractivity contribution >= 4 is 0 Å². The van der Waals surface area contributed by atoms with E-state index in [-0.39, 0.29) is 0 Å². The molecule has 16 heavy (non-hydrogen) atoms. The lowest BCUT2D eigenvalue weighted by molar-refractivity contribution is 0.0413. The number of rotatable bonds is 8. The summed E-state index contributed by atoms with van der Waals surface area (Å²) in [5.41, 5.74) is -0.564. The third-order valence-electron chi connectivity index (χ3n) is 3.56. The van der Waals surface area contributed by atoms with Gasteiger partial charge in [-0.1, -0.05) is 34.1 Å². The summed E-state index contributed by atoms with van der Waals surface area (Å²) in [6.07, 6.45) is 3.15. The summed E-state index contributed by atoms with van der Waals surface area (Å²) >= 11 is 0. The standard InChI is InChI=1S/C14H31NO/c1-7-12(4)13(5)15-10-14(6,16)9-8-11(2)3/h11-13,15-16H,7-10H2,1-6H3. The normalized spacial score (nSPS) is 19.5. The van der Waals surface area contributed by atoms with Crippen LogP contribution in [-0.4, -0.2) is 23.3 Å². The van der Waals surface area contributed by atoms with Gasteiger partial charge in [0.25, 0.3) is 0 Å². The first-order chi connectivity index (χ1) is 7.28. The van der Waals surface area contributed by atoms with Gasteiger partial charge in [0.15, 0.2) is 0 Å². The molecular weight excluding hydrogens is 198 g/mol. The second kappa shape index (κ2) is 7.29. The largest absolute Gasteiger partial charge is 0.389 e. The van der Waals surface area contributed by atoms with Crippen molar-refractivity contribution in [3.8, 4) is 0 Å². The minimum Gasteiger partial charge on any atom is -0.389 e. The Kier molecular flexibility index (Phi) is 7.25. The maximum atomic E-state index is 10.2. The van der Waals surface area contributed by atoms with Crippen molar-refractivity contribution in [1.29, 1.82) is 0 Å².